The van der Waals surface area contributed by atoms with Gasteiger partial charge in [-0.05, 0) is 12.8 Å². The topological polar surface area (TPSA) is 58.9 Å². The van der Waals surface area contributed by atoms with Gasteiger partial charge in [0, 0.05) is 0 Å². The van der Waals surface area contributed by atoms with Crippen molar-refractivity contribution in [3.8, 4) is 0 Å². The zero-order valence-electron chi connectivity index (χ0n) is 7.28. The molecule has 0 bridgehead atoms. The Morgan fingerprint density at radius 2 is 1.33 bits per heavy atom. The summed E-state index contributed by atoms with van der Waals surface area (Å²) in [6.07, 6.45) is 4.31. The van der Waals surface area contributed by atoms with Crippen LogP contribution in [-0.4, -0.2) is 24.2 Å². The highest BCUT2D eigenvalue weighted by atomic mass is 16.1. The molecule has 0 aliphatic heterocycles. The van der Waals surface area contributed by atoms with Crippen molar-refractivity contribution >= 4 is 12.2 Å². The third-order valence-electron chi connectivity index (χ3n) is 1.72. The predicted octanol–water partition coefficient (Wildman–Crippen LogP) is 1.22. The van der Waals surface area contributed by atoms with Crippen molar-refractivity contribution in [3.63, 3.8) is 0 Å². The molecule has 0 spiro atoms. The predicted molar refractivity (Wildman–Crippen MR) is 44.4 cm³/mol. The van der Waals surface area contributed by atoms with E-state index in [1.165, 1.54) is 12.2 Å². The van der Waals surface area contributed by atoms with E-state index in [2.05, 4.69) is 9.98 Å². The smallest absolute Gasteiger partial charge is 0.211 e. The molecule has 0 rings (SSSR count). The molecule has 2 atom stereocenters. The minimum atomic E-state index is -0.228. The van der Waals surface area contributed by atoms with Crippen molar-refractivity contribution in [3.05, 3.63) is 0 Å². The molecule has 0 saturated heterocycles. The number of aliphatic imine (C=N–C) groups is 2. The van der Waals surface area contributed by atoms with Crippen molar-refractivity contribution < 1.29 is 9.59 Å². The summed E-state index contributed by atoms with van der Waals surface area (Å²) in [5.41, 5.74) is 0. The highest BCUT2D eigenvalue weighted by Crippen LogP contribution is 2.10. The van der Waals surface area contributed by atoms with Gasteiger partial charge in [0.05, 0.1) is 12.1 Å². The second kappa shape index (κ2) is 6.47. The molecule has 0 aromatic carbocycles. The SMILES string of the molecule is CCC(N=C=O)C(CC)N=C=O. The van der Waals surface area contributed by atoms with Gasteiger partial charge in [-0.15, -0.1) is 0 Å². The summed E-state index contributed by atoms with van der Waals surface area (Å²) in [6.45, 7) is 3.77. The highest BCUT2D eigenvalue weighted by Gasteiger charge is 2.15. The Balaban J connectivity index is 4.41. The maximum atomic E-state index is 9.97. The number of nitrogens with zero attached hydrogens (tertiary/aromatic N) is 2. The van der Waals surface area contributed by atoms with Crippen LogP contribution in [-0.2, 0) is 9.59 Å². The van der Waals surface area contributed by atoms with Crippen LogP contribution in [0.1, 0.15) is 26.7 Å². The summed E-state index contributed by atoms with van der Waals surface area (Å²) in [4.78, 5) is 27.0. The van der Waals surface area contributed by atoms with Crippen molar-refractivity contribution in [2.45, 2.75) is 38.8 Å². The molecule has 4 nitrogen and oxygen atoms in total. The van der Waals surface area contributed by atoms with Gasteiger partial charge in [0.15, 0.2) is 0 Å². The maximum Gasteiger partial charge on any atom is 0.235 e. The molecule has 0 N–H and O–H groups in total. The Morgan fingerprint density at radius 3 is 1.50 bits per heavy atom. The van der Waals surface area contributed by atoms with Crippen LogP contribution in [0.25, 0.3) is 0 Å². The summed E-state index contributed by atoms with van der Waals surface area (Å²) >= 11 is 0. The molecule has 0 aliphatic carbocycles. The van der Waals surface area contributed by atoms with Crippen LogP contribution in [0.2, 0.25) is 0 Å². The van der Waals surface area contributed by atoms with Gasteiger partial charge >= 0.3 is 0 Å². The number of isocyanates is 2. The van der Waals surface area contributed by atoms with Crippen LogP contribution < -0.4 is 0 Å². The van der Waals surface area contributed by atoms with Gasteiger partial charge in [0.25, 0.3) is 0 Å². The molecule has 0 radical (unpaired) electrons. The normalized spacial score (nSPS) is 13.8. The van der Waals surface area contributed by atoms with Gasteiger partial charge in [-0.1, -0.05) is 13.8 Å². The Kier molecular flexibility index (Phi) is 5.80. The molecule has 2 unspecified atom stereocenters. The Hall–Kier alpha value is -1.24. The first kappa shape index (κ1) is 10.8. The van der Waals surface area contributed by atoms with E-state index in [0.717, 1.165) is 0 Å². The van der Waals surface area contributed by atoms with Crippen molar-refractivity contribution in [1.29, 1.82) is 0 Å². The number of rotatable bonds is 5. The van der Waals surface area contributed by atoms with E-state index in [9.17, 15) is 9.59 Å². The molecule has 4 heteroatoms. The highest BCUT2D eigenvalue weighted by molar-refractivity contribution is 5.36. The molecule has 0 amide bonds. The third-order valence-corrected chi connectivity index (χ3v) is 1.72. The lowest BCUT2D eigenvalue weighted by atomic mass is 10.1. The molecular weight excluding hydrogens is 156 g/mol. The first-order chi connectivity index (χ1) is 5.79. The molecule has 66 valence electrons. The van der Waals surface area contributed by atoms with Crippen LogP contribution in [0.3, 0.4) is 0 Å². The first-order valence-corrected chi connectivity index (χ1v) is 3.94. The standard InChI is InChI=1S/C8H12N2O2/c1-3-7(9-5-11)8(4-2)10-6-12/h7-8H,3-4H2,1-2H3. The van der Waals surface area contributed by atoms with Gasteiger partial charge < -0.3 is 0 Å². The molecule has 0 aromatic heterocycles. The lowest BCUT2D eigenvalue weighted by molar-refractivity contribution is 0.486. The average Bonchev–Trinajstić information content (AvgIpc) is 2.11. The summed E-state index contributed by atoms with van der Waals surface area (Å²) in [5.74, 6) is 0. The second-order valence-corrected chi connectivity index (χ2v) is 2.39. The van der Waals surface area contributed by atoms with Gasteiger partial charge in [0.1, 0.15) is 0 Å². The largest absolute Gasteiger partial charge is 0.235 e. The molecule has 0 aliphatic rings. The Morgan fingerprint density at radius 1 is 1.00 bits per heavy atom. The summed E-state index contributed by atoms with van der Waals surface area (Å²) in [7, 11) is 0. The minimum Gasteiger partial charge on any atom is -0.211 e. The Bertz CT molecular complexity index is 191. The van der Waals surface area contributed by atoms with Crippen molar-refractivity contribution in [2.75, 3.05) is 0 Å². The monoisotopic (exact) mass is 168 g/mol. The van der Waals surface area contributed by atoms with Crippen molar-refractivity contribution in [1.82, 2.24) is 0 Å². The molecule has 0 saturated carbocycles. The molecule has 0 fully saturated rings. The van der Waals surface area contributed by atoms with E-state index in [1.54, 1.807) is 0 Å². The number of hydrogen-bond donors (Lipinski definition) is 0. The molecular formula is C8H12N2O2. The zero-order valence-corrected chi connectivity index (χ0v) is 7.28. The number of hydrogen-bond acceptors (Lipinski definition) is 4. The average molecular weight is 168 g/mol. The lowest BCUT2D eigenvalue weighted by Crippen LogP contribution is -2.20. The van der Waals surface area contributed by atoms with E-state index in [0.29, 0.717) is 12.8 Å². The fraction of sp³-hybridized carbons (Fsp3) is 0.750. The van der Waals surface area contributed by atoms with Crippen LogP contribution in [0.15, 0.2) is 9.98 Å². The fourth-order valence-corrected chi connectivity index (χ4v) is 1.03. The van der Waals surface area contributed by atoms with E-state index >= 15 is 0 Å². The fourth-order valence-electron chi connectivity index (χ4n) is 1.03. The number of carbonyl (C=O) groups excluding carboxylic acids is 2. The van der Waals surface area contributed by atoms with Crippen LogP contribution in [0.5, 0.6) is 0 Å². The zero-order chi connectivity index (χ0) is 9.40. The van der Waals surface area contributed by atoms with Gasteiger partial charge in [-0.25, -0.2) is 19.6 Å². The summed E-state index contributed by atoms with van der Waals surface area (Å²) in [5, 5.41) is 0. The van der Waals surface area contributed by atoms with E-state index in [-0.39, 0.29) is 12.1 Å². The molecule has 0 aromatic rings. The molecule has 0 heterocycles. The van der Waals surface area contributed by atoms with Crippen LogP contribution in [0.4, 0.5) is 0 Å². The summed E-state index contributed by atoms with van der Waals surface area (Å²) in [6, 6.07) is -0.456. The summed E-state index contributed by atoms with van der Waals surface area (Å²) < 4.78 is 0. The van der Waals surface area contributed by atoms with Crippen LogP contribution in [0, 0.1) is 0 Å². The first-order valence-electron chi connectivity index (χ1n) is 3.94. The Labute approximate surface area is 71.4 Å². The van der Waals surface area contributed by atoms with Gasteiger partial charge in [-0.2, -0.15) is 0 Å². The van der Waals surface area contributed by atoms with Crippen molar-refractivity contribution in [2.24, 2.45) is 9.98 Å². The third kappa shape index (κ3) is 3.24. The van der Waals surface area contributed by atoms with Crippen LogP contribution >= 0.6 is 0 Å². The van der Waals surface area contributed by atoms with E-state index < -0.39 is 0 Å². The van der Waals surface area contributed by atoms with E-state index in [1.807, 2.05) is 13.8 Å². The van der Waals surface area contributed by atoms with E-state index in [4.69, 9.17) is 0 Å². The second-order valence-electron chi connectivity index (χ2n) is 2.39. The van der Waals surface area contributed by atoms with Gasteiger partial charge in [-0.3, -0.25) is 0 Å². The molecule has 12 heavy (non-hydrogen) atoms. The quantitative estimate of drug-likeness (QED) is 0.457. The maximum absolute atomic E-state index is 9.97. The minimum absolute atomic E-state index is 0.228. The van der Waals surface area contributed by atoms with Gasteiger partial charge in [0.2, 0.25) is 12.2 Å². The lowest BCUT2D eigenvalue weighted by Gasteiger charge is -2.13.